The van der Waals surface area contributed by atoms with Crippen molar-refractivity contribution in [1.29, 1.82) is 0 Å². The average molecular weight is 220 g/mol. The summed E-state index contributed by atoms with van der Waals surface area (Å²) in [5.74, 6) is 0.395. The van der Waals surface area contributed by atoms with Gasteiger partial charge in [-0.05, 0) is 62.9 Å². The Bertz CT molecular complexity index is 341. The van der Waals surface area contributed by atoms with Gasteiger partial charge in [-0.25, -0.2) is 0 Å². The van der Waals surface area contributed by atoms with Crippen LogP contribution >= 0.6 is 0 Å². The lowest BCUT2D eigenvalue weighted by molar-refractivity contribution is 0.00573. The van der Waals surface area contributed by atoms with Crippen LogP contribution in [0.1, 0.15) is 52.9 Å². The van der Waals surface area contributed by atoms with Crippen molar-refractivity contribution in [2.75, 3.05) is 0 Å². The second kappa shape index (κ2) is 3.73. The Morgan fingerprint density at radius 1 is 1.50 bits per heavy atom. The maximum absolute atomic E-state index is 10.8. The predicted octanol–water partition coefficient (Wildman–Crippen LogP) is 3.84. The molecule has 2 aliphatic rings. The average Bonchev–Trinajstić information content (AvgIpc) is 2.37. The van der Waals surface area contributed by atoms with E-state index in [4.69, 9.17) is 0 Å². The third kappa shape index (κ3) is 1.66. The zero-order valence-corrected chi connectivity index (χ0v) is 10.8. The first-order chi connectivity index (χ1) is 7.38. The van der Waals surface area contributed by atoms with E-state index in [-0.39, 0.29) is 5.41 Å². The number of aliphatic hydroxyl groups is 1. The smallest absolute Gasteiger partial charge is 0.0885 e. The lowest BCUT2D eigenvalue weighted by Gasteiger charge is -2.38. The molecular formula is C15H24O. The van der Waals surface area contributed by atoms with Crippen LogP contribution in [0.5, 0.6) is 0 Å². The van der Waals surface area contributed by atoms with Crippen LogP contribution in [0.2, 0.25) is 0 Å². The maximum Gasteiger partial charge on any atom is 0.0885 e. The van der Waals surface area contributed by atoms with Crippen molar-refractivity contribution >= 4 is 0 Å². The van der Waals surface area contributed by atoms with Gasteiger partial charge in [0.2, 0.25) is 0 Å². The molecule has 1 nitrogen and oxygen atoms in total. The molecule has 1 heteroatoms. The fourth-order valence-electron chi connectivity index (χ4n) is 3.62. The molecule has 1 saturated carbocycles. The summed E-state index contributed by atoms with van der Waals surface area (Å²) < 4.78 is 0. The van der Waals surface area contributed by atoms with Gasteiger partial charge in [0, 0.05) is 0 Å². The lowest BCUT2D eigenvalue weighted by atomic mass is 9.70. The minimum absolute atomic E-state index is 0.283. The van der Waals surface area contributed by atoms with Crippen LogP contribution in [0.15, 0.2) is 23.8 Å². The highest BCUT2D eigenvalue weighted by Gasteiger charge is 2.53. The van der Waals surface area contributed by atoms with E-state index in [0.717, 1.165) is 37.7 Å². The van der Waals surface area contributed by atoms with E-state index in [0.29, 0.717) is 5.92 Å². The summed E-state index contributed by atoms with van der Waals surface area (Å²) in [6.45, 7) is 10.6. The largest absolute Gasteiger partial charge is 0.385 e. The molecule has 0 aromatic heterocycles. The Hall–Kier alpha value is -0.560. The lowest BCUT2D eigenvalue weighted by Crippen LogP contribution is -2.39. The van der Waals surface area contributed by atoms with Crippen molar-refractivity contribution in [3.05, 3.63) is 23.8 Å². The molecule has 0 bridgehead atoms. The Balaban J connectivity index is 2.32. The number of rotatable bonds is 1. The molecule has 90 valence electrons. The van der Waals surface area contributed by atoms with E-state index in [1.54, 1.807) is 0 Å². The van der Waals surface area contributed by atoms with Crippen LogP contribution < -0.4 is 0 Å². The number of allylic oxidation sites excluding steroid dienone is 2. The molecule has 0 aromatic rings. The number of fused-ring (bicyclic) bond motifs is 1. The Morgan fingerprint density at radius 3 is 2.81 bits per heavy atom. The summed E-state index contributed by atoms with van der Waals surface area (Å²) in [5.41, 5.74) is 2.12. The second-order valence-electron chi connectivity index (χ2n) is 6.20. The van der Waals surface area contributed by atoms with Gasteiger partial charge in [0.1, 0.15) is 0 Å². The number of hydrogen-bond acceptors (Lipinski definition) is 1. The van der Waals surface area contributed by atoms with Gasteiger partial charge in [-0.1, -0.05) is 25.2 Å². The van der Waals surface area contributed by atoms with Crippen LogP contribution in [-0.2, 0) is 0 Å². The van der Waals surface area contributed by atoms with Crippen LogP contribution in [-0.4, -0.2) is 10.7 Å². The van der Waals surface area contributed by atoms with Crippen molar-refractivity contribution < 1.29 is 5.11 Å². The normalized spacial score (nSPS) is 43.5. The van der Waals surface area contributed by atoms with Crippen molar-refractivity contribution in [2.24, 2.45) is 11.3 Å². The quantitative estimate of drug-likeness (QED) is 0.666. The topological polar surface area (TPSA) is 20.2 Å². The maximum atomic E-state index is 10.8. The van der Waals surface area contributed by atoms with Gasteiger partial charge in [0.25, 0.3) is 0 Å². The van der Waals surface area contributed by atoms with Gasteiger partial charge in [0.05, 0.1) is 5.60 Å². The summed E-state index contributed by atoms with van der Waals surface area (Å²) in [6.07, 6.45) is 7.78. The predicted molar refractivity (Wildman–Crippen MR) is 68.2 cm³/mol. The number of hydrogen-bond donors (Lipinski definition) is 1. The first-order valence-electron chi connectivity index (χ1n) is 6.42. The second-order valence-corrected chi connectivity index (χ2v) is 6.20. The highest BCUT2D eigenvalue weighted by molar-refractivity contribution is 5.22. The fourth-order valence-corrected chi connectivity index (χ4v) is 3.62. The van der Waals surface area contributed by atoms with E-state index in [1.165, 1.54) is 5.57 Å². The van der Waals surface area contributed by atoms with E-state index in [2.05, 4.69) is 26.5 Å². The minimum atomic E-state index is -0.604. The van der Waals surface area contributed by atoms with E-state index < -0.39 is 5.60 Å². The van der Waals surface area contributed by atoms with E-state index >= 15 is 0 Å². The summed E-state index contributed by atoms with van der Waals surface area (Å²) in [4.78, 5) is 0. The first-order valence-corrected chi connectivity index (χ1v) is 6.42. The molecular weight excluding hydrogens is 196 g/mol. The van der Waals surface area contributed by atoms with Gasteiger partial charge in [0.15, 0.2) is 0 Å². The highest BCUT2D eigenvalue weighted by Crippen LogP contribution is 2.56. The minimum Gasteiger partial charge on any atom is -0.385 e. The van der Waals surface area contributed by atoms with Crippen molar-refractivity contribution in [3.8, 4) is 0 Å². The molecule has 0 spiro atoms. The standard InChI is InChI=1S/C15H24O/c1-11(2)15(16)10-9-14(4)8-7-12(3)5-6-13(14)15/h7,13,16H,1,5-6,8-10H2,2-4H3. The molecule has 1 N–H and O–H groups in total. The summed E-state index contributed by atoms with van der Waals surface area (Å²) in [5, 5.41) is 10.8. The SMILES string of the molecule is C=C(C)C1(O)CCC2(C)CC=C(C)CCC21. The van der Waals surface area contributed by atoms with Crippen LogP contribution in [0.4, 0.5) is 0 Å². The van der Waals surface area contributed by atoms with E-state index in [1.807, 2.05) is 6.92 Å². The van der Waals surface area contributed by atoms with Gasteiger partial charge in [-0.3, -0.25) is 0 Å². The van der Waals surface area contributed by atoms with Crippen molar-refractivity contribution in [2.45, 2.75) is 58.5 Å². The van der Waals surface area contributed by atoms with Gasteiger partial charge in [-0.2, -0.15) is 0 Å². The molecule has 0 radical (unpaired) electrons. The zero-order chi connectivity index (χ0) is 12.0. The van der Waals surface area contributed by atoms with Gasteiger partial charge < -0.3 is 5.11 Å². The Morgan fingerprint density at radius 2 is 2.19 bits per heavy atom. The summed E-state index contributed by atoms with van der Waals surface area (Å²) in [7, 11) is 0. The Kier molecular flexibility index (Phi) is 2.78. The molecule has 1 fully saturated rings. The van der Waals surface area contributed by atoms with Gasteiger partial charge >= 0.3 is 0 Å². The summed E-state index contributed by atoms with van der Waals surface area (Å²) in [6, 6.07) is 0. The summed E-state index contributed by atoms with van der Waals surface area (Å²) >= 11 is 0. The monoisotopic (exact) mass is 220 g/mol. The first kappa shape index (κ1) is 11.9. The molecule has 3 unspecified atom stereocenters. The van der Waals surface area contributed by atoms with Crippen molar-refractivity contribution in [1.82, 2.24) is 0 Å². The van der Waals surface area contributed by atoms with Crippen molar-refractivity contribution in [3.63, 3.8) is 0 Å². The molecule has 0 aromatic carbocycles. The molecule has 0 heterocycles. The molecule has 16 heavy (non-hydrogen) atoms. The van der Waals surface area contributed by atoms with Gasteiger partial charge in [-0.15, -0.1) is 0 Å². The third-order valence-electron chi connectivity index (χ3n) is 4.98. The molecule has 2 rings (SSSR count). The molecule has 0 amide bonds. The van der Waals surface area contributed by atoms with Crippen LogP contribution in [0.25, 0.3) is 0 Å². The molecule has 0 saturated heterocycles. The molecule has 2 aliphatic carbocycles. The molecule has 3 atom stereocenters. The Labute approximate surface area is 99.3 Å². The zero-order valence-electron chi connectivity index (χ0n) is 10.8. The van der Waals surface area contributed by atoms with Crippen LogP contribution in [0, 0.1) is 11.3 Å². The van der Waals surface area contributed by atoms with E-state index in [9.17, 15) is 5.11 Å². The highest BCUT2D eigenvalue weighted by atomic mass is 16.3. The molecule has 0 aliphatic heterocycles. The van der Waals surface area contributed by atoms with Crippen LogP contribution in [0.3, 0.4) is 0 Å². The fraction of sp³-hybridized carbons (Fsp3) is 0.733. The third-order valence-corrected chi connectivity index (χ3v) is 4.98.